The number of amides is 1. The number of carbonyl (C=O) groups excluding carboxylic acids is 1. The van der Waals surface area contributed by atoms with Gasteiger partial charge in [0.15, 0.2) is 0 Å². The molecule has 2 saturated heterocycles. The van der Waals surface area contributed by atoms with Crippen LogP contribution in [0.4, 0.5) is 4.39 Å². The summed E-state index contributed by atoms with van der Waals surface area (Å²) in [4.78, 5) is 14.8. The minimum Gasteiger partial charge on any atom is -0.381 e. The number of ether oxygens (including phenoxy) is 1. The van der Waals surface area contributed by atoms with Gasteiger partial charge in [-0.25, -0.2) is 4.39 Å². The van der Waals surface area contributed by atoms with Gasteiger partial charge in [-0.05, 0) is 63.0 Å². The lowest BCUT2D eigenvalue weighted by molar-refractivity contribution is -0.118. The van der Waals surface area contributed by atoms with Crippen molar-refractivity contribution in [3.05, 3.63) is 40.1 Å². The van der Waals surface area contributed by atoms with Gasteiger partial charge < -0.3 is 10.1 Å². The fourth-order valence-electron chi connectivity index (χ4n) is 3.84. The van der Waals surface area contributed by atoms with Crippen LogP contribution in [-0.4, -0.2) is 49.2 Å². The van der Waals surface area contributed by atoms with E-state index in [-0.39, 0.29) is 17.3 Å². The summed E-state index contributed by atoms with van der Waals surface area (Å²) in [5.41, 5.74) is 0.384. The van der Waals surface area contributed by atoms with Crippen LogP contribution in [0.25, 0.3) is 6.08 Å². The Hall–Kier alpha value is -1.24. The first-order valence-electron chi connectivity index (χ1n) is 9.33. The van der Waals surface area contributed by atoms with E-state index < -0.39 is 0 Å². The summed E-state index contributed by atoms with van der Waals surface area (Å²) in [7, 11) is 0. The second kappa shape index (κ2) is 9.11. The van der Waals surface area contributed by atoms with Crippen molar-refractivity contribution < 1.29 is 13.9 Å². The van der Waals surface area contributed by atoms with Gasteiger partial charge in [0, 0.05) is 41.4 Å². The molecule has 2 fully saturated rings. The largest absolute Gasteiger partial charge is 0.381 e. The van der Waals surface area contributed by atoms with Gasteiger partial charge in [0.1, 0.15) is 5.82 Å². The summed E-state index contributed by atoms with van der Waals surface area (Å²) in [6.45, 7) is 4.28. The molecule has 2 aliphatic heterocycles. The maximum Gasteiger partial charge on any atom is 0.244 e. The van der Waals surface area contributed by atoms with E-state index in [4.69, 9.17) is 4.74 Å². The highest BCUT2D eigenvalue weighted by Gasteiger charge is 2.38. The predicted molar refractivity (Wildman–Crippen MR) is 104 cm³/mol. The molecule has 0 radical (unpaired) electrons. The zero-order valence-corrected chi connectivity index (χ0v) is 16.6. The number of halogens is 2. The first-order valence-corrected chi connectivity index (χ1v) is 10.1. The van der Waals surface area contributed by atoms with E-state index in [0.29, 0.717) is 12.1 Å². The number of benzene rings is 1. The number of carbonyl (C=O) groups is 1. The van der Waals surface area contributed by atoms with Crippen LogP contribution < -0.4 is 5.32 Å². The van der Waals surface area contributed by atoms with Crippen molar-refractivity contribution in [3.8, 4) is 0 Å². The highest BCUT2D eigenvalue weighted by atomic mass is 79.9. The van der Waals surface area contributed by atoms with Crippen molar-refractivity contribution in [2.45, 2.75) is 37.6 Å². The van der Waals surface area contributed by atoms with Crippen LogP contribution in [0, 0.1) is 5.82 Å². The second-order valence-corrected chi connectivity index (χ2v) is 8.02. The van der Waals surface area contributed by atoms with Crippen LogP contribution in [0.3, 0.4) is 0 Å². The summed E-state index contributed by atoms with van der Waals surface area (Å²) >= 11 is 3.32. The van der Waals surface area contributed by atoms with Crippen molar-refractivity contribution in [1.82, 2.24) is 10.2 Å². The van der Waals surface area contributed by atoms with E-state index in [9.17, 15) is 9.18 Å². The Kier molecular flexibility index (Phi) is 6.84. The Morgan fingerprint density at radius 3 is 2.73 bits per heavy atom. The normalized spacial score (nSPS) is 21.0. The average molecular weight is 425 g/mol. The fourth-order valence-corrected chi connectivity index (χ4v) is 4.22. The van der Waals surface area contributed by atoms with Gasteiger partial charge in [0.05, 0.1) is 0 Å². The zero-order valence-electron chi connectivity index (χ0n) is 15.0. The third-order valence-electron chi connectivity index (χ3n) is 5.41. The molecular formula is C20H26BrFN2O2. The van der Waals surface area contributed by atoms with E-state index in [0.717, 1.165) is 43.6 Å². The van der Waals surface area contributed by atoms with Crippen molar-refractivity contribution in [1.29, 1.82) is 0 Å². The molecule has 0 aromatic heterocycles. The molecule has 0 unspecified atom stereocenters. The van der Waals surface area contributed by atoms with Crippen LogP contribution in [0.15, 0.2) is 28.7 Å². The van der Waals surface area contributed by atoms with Gasteiger partial charge in [-0.3, -0.25) is 9.69 Å². The molecule has 0 aliphatic carbocycles. The molecule has 0 spiro atoms. The Labute approximate surface area is 162 Å². The first kappa shape index (κ1) is 19.5. The number of rotatable bonds is 5. The van der Waals surface area contributed by atoms with Gasteiger partial charge in [-0.15, -0.1) is 0 Å². The number of nitrogens with zero attached hydrogens (tertiary/aromatic N) is 1. The Bertz CT molecular complexity index is 653. The van der Waals surface area contributed by atoms with E-state index in [2.05, 4.69) is 26.1 Å². The minimum atomic E-state index is -0.341. The third-order valence-corrected chi connectivity index (χ3v) is 5.91. The topological polar surface area (TPSA) is 41.6 Å². The maximum absolute atomic E-state index is 13.8. The highest BCUT2D eigenvalue weighted by molar-refractivity contribution is 9.10. The molecule has 6 heteroatoms. The fraction of sp³-hybridized carbons (Fsp3) is 0.550. The first-order chi connectivity index (χ1) is 12.6. The SMILES string of the molecule is O=C(C=Cc1cc(Br)ccc1F)NCC1(N2CCCCC2)CCOCC1. The molecule has 0 atom stereocenters. The van der Waals surface area contributed by atoms with Gasteiger partial charge in [-0.1, -0.05) is 22.4 Å². The van der Waals surface area contributed by atoms with Gasteiger partial charge in [0.25, 0.3) is 0 Å². The molecule has 2 heterocycles. The lowest BCUT2D eigenvalue weighted by Gasteiger charge is -2.48. The van der Waals surface area contributed by atoms with E-state index >= 15 is 0 Å². The molecule has 1 amide bonds. The van der Waals surface area contributed by atoms with Gasteiger partial charge in [-0.2, -0.15) is 0 Å². The summed E-state index contributed by atoms with van der Waals surface area (Å²) in [5, 5.41) is 3.04. The summed E-state index contributed by atoms with van der Waals surface area (Å²) in [6, 6.07) is 4.68. The van der Waals surface area contributed by atoms with Crippen LogP contribution in [0.1, 0.15) is 37.7 Å². The quantitative estimate of drug-likeness (QED) is 0.731. The lowest BCUT2D eigenvalue weighted by Crippen LogP contribution is -2.59. The number of hydrogen-bond acceptors (Lipinski definition) is 3. The Morgan fingerprint density at radius 1 is 1.27 bits per heavy atom. The third kappa shape index (κ3) is 4.93. The minimum absolute atomic E-state index is 0.0107. The van der Waals surface area contributed by atoms with E-state index in [1.165, 1.54) is 37.5 Å². The molecule has 0 saturated carbocycles. The number of piperidine rings is 1. The van der Waals surface area contributed by atoms with Crippen molar-refractivity contribution >= 4 is 27.9 Å². The lowest BCUT2D eigenvalue weighted by atomic mass is 9.86. The molecule has 0 bridgehead atoms. The second-order valence-electron chi connectivity index (χ2n) is 7.10. The van der Waals surface area contributed by atoms with Crippen molar-refractivity contribution in [2.24, 2.45) is 0 Å². The Balaban J connectivity index is 1.62. The van der Waals surface area contributed by atoms with Gasteiger partial charge in [0.2, 0.25) is 5.91 Å². The average Bonchev–Trinajstić information content (AvgIpc) is 2.68. The number of nitrogens with one attached hydrogen (secondary N) is 1. The van der Waals surface area contributed by atoms with Crippen LogP contribution >= 0.6 is 15.9 Å². The molecule has 2 aliphatic rings. The Morgan fingerprint density at radius 2 is 2.00 bits per heavy atom. The molecular weight excluding hydrogens is 399 g/mol. The zero-order chi connectivity index (χ0) is 18.4. The molecule has 26 heavy (non-hydrogen) atoms. The summed E-state index contributed by atoms with van der Waals surface area (Å²) in [5.74, 6) is -0.529. The van der Waals surface area contributed by atoms with Gasteiger partial charge >= 0.3 is 0 Å². The number of hydrogen-bond donors (Lipinski definition) is 1. The standard InChI is InChI=1S/C20H26BrFN2O2/c21-17-5-6-18(22)16(14-17)4-7-19(25)23-15-20(8-12-26-13-9-20)24-10-2-1-3-11-24/h4-7,14H,1-3,8-13,15H2,(H,23,25). The molecule has 4 nitrogen and oxygen atoms in total. The van der Waals surface area contributed by atoms with Crippen molar-refractivity contribution in [3.63, 3.8) is 0 Å². The van der Waals surface area contributed by atoms with E-state index in [1.54, 1.807) is 12.1 Å². The van der Waals surface area contributed by atoms with Crippen LogP contribution in [0.5, 0.6) is 0 Å². The maximum atomic E-state index is 13.8. The monoisotopic (exact) mass is 424 g/mol. The smallest absolute Gasteiger partial charge is 0.244 e. The molecule has 142 valence electrons. The highest BCUT2D eigenvalue weighted by Crippen LogP contribution is 2.30. The molecule has 1 aromatic rings. The number of likely N-dealkylation sites (tertiary alicyclic amines) is 1. The molecule has 3 rings (SSSR count). The van der Waals surface area contributed by atoms with Crippen LogP contribution in [-0.2, 0) is 9.53 Å². The summed E-state index contributed by atoms with van der Waals surface area (Å²) in [6.07, 6.45) is 8.54. The van der Waals surface area contributed by atoms with Crippen molar-refractivity contribution in [2.75, 3.05) is 32.8 Å². The van der Waals surface area contributed by atoms with Crippen LogP contribution in [0.2, 0.25) is 0 Å². The molecule has 1 N–H and O–H groups in total. The molecule has 1 aromatic carbocycles. The predicted octanol–water partition coefficient (Wildman–Crippen LogP) is 3.75. The summed E-state index contributed by atoms with van der Waals surface area (Å²) < 4.78 is 20.1. The van der Waals surface area contributed by atoms with E-state index in [1.807, 2.05) is 0 Å².